The Hall–Kier alpha value is -2.23. The van der Waals surface area contributed by atoms with E-state index in [4.69, 9.17) is 5.39 Å². The second-order valence-corrected chi connectivity index (χ2v) is 5.67. The third kappa shape index (κ3) is 1.71. The molecule has 6 heteroatoms. The minimum Gasteiger partial charge on any atom is -0.744 e. The van der Waals surface area contributed by atoms with Crippen molar-refractivity contribution >= 4 is 15.8 Å². The molecule has 1 aliphatic rings. The largest absolute Gasteiger partial charge is 0.744 e. The van der Waals surface area contributed by atoms with Crippen LogP contribution < -0.4 is 0 Å². The van der Waals surface area contributed by atoms with Crippen LogP contribution in [0.4, 0.5) is 5.69 Å². The lowest BCUT2D eigenvalue weighted by atomic mass is 10.1. The summed E-state index contributed by atoms with van der Waals surface area (Å²) < 4.78 is 33.5. The minimum absolute atomic E-state index is 0.149. The van der Waals surface area contributed by atoms with Crippen molar-refractivity contribution < 1.29 is 13.0 Å². The average Bonchev–Trinajstić information content (AvgIpc) is 2.75. The Balaban J connectivity index is 2.34. The SMILES string of the molecule is N#[N+]c1c(S(=O)(=O)[O-])ccc2c1Cc1ccccc1-2. The average molecular weight is 272 g/mol. The molecule has 0 radical (unpaired) electrons. The molecule has 3 rings (SSSR count). The number of nitrogens with zero attached hydrogens (tertiary/aromatic N) is 2. The summed E-state index contributed by atoms with van der Waals surface area (Å²) in [7, 11) is -4.66. The van der Waals surface area contributed by atoms with Crippen molar-refractivity contribution in [3.63, 3.8) is 0 Å². The summed E-state index contributed by atoms with van der Waals surface area (Å²) in [5, 5.41) is 9.05. The summed E-state index contributed by atoms with van der Waals surface area (Å²) in [4.78, 5) is 2.53. The minimum atomic E-state index is -4.66. The van der Waals surface area contributed by atoms with Gasteiger partial charge in [-0.2, -0.15) is 0 Å². The van der Waals surface area contributed by atoms with Gasteiger partial charge in [0.25, 0.3) is 0 Å². The Morgan fingerprint density at radius 3 is 2.53 bits per heavy atom. The molecule has 2 aromatic rings. The van der Waals surface area contributed by atoms with Crippen molar-refractivity contribution in [3.05, 3.63) is 52.5 Å². The van der Waals surface area contributed by atoms with Gasteiger partial charge in [0.15, 0.2) is 4.98 Å². The summed E-state index contributed by atoms with van der Waals surface area (Å²) in [6.45, 7) is 0. The van der Waals surface area contributed by atoms with Gasteiger partial charge < -0.3 is 4.55 Å². The predicted molar refractivity (Wildman–Crippen MR) is 67.4 cm³/mol. The number of fused-ring (bicyclic) bond motifs is 3. The van der Waals surface area contributed by atoms with Crippen LogP contribution in [0.25, 0.3) is 16.1 Å². The van der Waals surface area contributed by atoms with E-state index in [1.54, 1.807) is 6.07 Å². The van der Waals surface area contributed by atoms with Crippen LogP contribution >= 0.6 is 0 Å². The fourth-order valence-corrected chi connectivity index (χ4v) is 3.12. The number of hydrogen-bond donors (Lipinski definition) is 0. The fourth-order valence-electron chi connectivity index (χ4n) is 2.49. The molecular formula is C13H8N2O3S. The molecule has 0 saturated carbocycles. The molecule has 94 valence electrons. The predicted octanol–water partition coefficient (Wildman–Crippen LogP) is 2.65. The van der Waals surface area contributed by atoms with Gasteiger partial charge in [-0.05, 0) is 22.8 Å². The fraction of sp³-hybridized carbons (Fsp3) is 0.0769. The molecule has 0 N–H and O–H groups in total. The van der Waals surface area contributed by atoms with E-state index in [1.165, 1.54) is 6.07 Å². The summed E-state index contributed by atoms with van der Waals surface area (Å²) >= 11 is 0. The van der Waals surface area contributed by atoms with Gasteiger partial charge in [-0.15, -0.1) is 0 Å². The molecule has 5 nitrogen and oxygen atoms in total. The van der Waals surface area contributed by atoms with Crippen LogP contribution in [0.2, 0.25) is 0 Å². The zero-order chi connectivity index (χ0) is 13.6. The second kappa shape index (κ2) is 3.88. The molecule has 0 atom stereocenters. The molecule has 2 aromatic carbocycles. The smallest absolute Gasteiger partial charge is 0.406 e. The highest BCUT2D eigenvalue weighted by atomic mass is 32.2. The van der Waals surface area contributed by atoms with Crippen LogP contribution in [0.5, 0.6) is 0 Å². The van der Waals surface area contributed by atoms with Crippen LogP contribution in [-0.4, -0.2) is 13.0 Å². The molecule has 0 aromatic heterocycles. The highest BCUT2D eigenvalue weighted by molar-refractivity contribution is 7.86. The molecule has 0 saturated heterocycles. The first-order valence-electron chi connectivity index (χ1n) is 5.57. The molecule has 0 aliphatic heterocycles. The normalized spacial score (nSPS) is 12.6. The van der Waals surface area contributed by atoms with Crippen LogP contribution in [0.15, 0.2) is 41.3 Å². The van der Waals surface area contributed by atoms with E-state index < -0.39 is 15.0 Å². The topological polar surface area (TPSA) is 85.3 Å². The highest BCUT2D eigenvalue weighted by Crippen LogP contribution is 2.43. The lowest BCUT2D eigenvalue weighted by Crippen LogP contribution is -2.00. The van der Waals surface area contributed by atoms with Gasteiger partial charge in [-0.25, -0.2) is 8.42 Å². The summed E-state index contributed by atoms with van der Waals surface area (Å²) in [5.41, 5.74) is 3.21. The first-order chi connectivity index (χ1) is 9.02. The maximum Gasteiger partial charge on any atom is 0.406 e. The molecule has 1 aliphatic carbocycles. The molecule has 0 heterocycles. The summed E-state index contributed by atoms with van der Waals surface area (Å²) in [5.74, 6) is 0. The van der Waals surface area contributed by atoms with Gasteiger partial charge >= 0.3 is 5.69 Å². The van der Waals surface area contributed by atoms with Gasteiger partial charge in [0.05, 0.1) is 5.56 Å². The van der Waals surface area contributed by atoms with Gasteiger partial charge in [-0.3, -0.25) is 0 Å². The van der Waals surface area contributed by atoms with Crippen LogP contribution in [0.3, 0.4) is 0 Å². The van der Waals surface area contributed by atoms with E-state index in [1.807, 2.05) is 24.3 Å². The molecular weight excluding hydrogens is 264 g/mol. The van der Waals surface area contributed by atoms with Gasteiger partial charge in [0.1, 0.15) is 15.0 Å². The first-order valence-corrected chi connectivity index (χ1v) is 6.98. The van der Waals surface area contributed by atoms with Crippen molar-refractivity contribution in [3.8, 4) is 11.1 Å². The van der Waals surface area contributed by atoms with E-state index in [0.717, 1.165) is 16.7 Å². The third-order valence-electron chi connectivity index (χ3n) is 3.29. The monoisotopic (exact) mass is 272 g/mol. The Labute approximate surface area is 109 Å². The maximum atomic E-state index is 11.2. The lowest BCUT2D eigenvalue weighted by molar-refractivity contribution is 0.463. The van der Waals surface area contributed by atoms with E-state index >= 15 is 0 Å². The Kier molecular flexibility index (Phi) is 2.42. The van der Waals surface area contributed by atoms with Crippen LogP contribution in [0, 0.1) is 5.39 Å². The highest BCUT2D eigenvalue weighted by Gasteiger charge is 2.31. The number of diazo groups is 1. The Morgan fingerprint density at radius 1 is 1.11 bits per heavy atom. The Bertz CT molecular complexity index is 835. The van der Waals surface area contributed by atoms with Crippen molar-refractivity contribution in [1.82, 2.24) is 0 Å². The van der Waals surface area contributed by atoms with Crippen molar-refractivity contribution in [2.45, 2.75) is 11.3 Å². The Morgan fingerprint density at radius 2 is 1.84 bits per heavy atom. The third-order valence-corrected chi connectivity index (χ3v) is 4.16. The van der Waals surface area contributed by atoms with Gasteiger partial charge in [0.2, 0.25) is 5.39 Å². The van der Waals surface area contributed by atoms with Crippen LogP contribution in [-0.2, 0) is 16.5 Å². The van der Waals surface area contributed by atoms with E-state index in [0.29, 0.717) is 12.0 Å². The van der Waals surface area contributed by atoms with Gasteiger partial charge in [0, 0.05) is 6.42 Å². The summed E-state index contributed by atoms with van der Waals surface area (Å²) in [6, 6.07) is 10.4. The zero-order valence-electron chi connectivity index (χ0n) is 9.70. The molecule has 0 bridgehead atoms. The zero-order valence-corrected chi connectivity index (χ0v) is 10.5. The number of hydrogen-bond acceptors (Lipinski definition) is 4. The van der Waals surface area contributed by atoms with E-state index in [2.05, 4.69) is 4.98 Å². The van der Waals surface area contributed by atoms with E-state index in [9.17, 15) is 13.0 Å². The van der Waals surface area contributed by atoms with Crippen molar-refractivity contribution in [2.75, 3.05) is 0 Å². The second-order valence-electron chi connectivity index (χ2n) is 4.33. The molecule has 0 unspecified atom stereocenters. The first kappa shape index (κ1) is 11.8. The maximum absolute atomic E-state index is 11.2. The molecule has 0 amide bonds. The van der Waals surface area contributed by atoms with Crippen molar-refractivity contribution in [1.29, 1.82) is 5.39 Å². The molecule has 0 fully saturated rings. The van der Waals surface area contributed by atoms with Gasteiger partial charge in [-0.1, -0.05) is 30.3 Å². The standard InChI is InChI=1S/C13H8N2O3S/c14-15-13-11-7-8-3-1-2-4-9(8)10(11)5-6-12(13)19(16,17)18/h1-6H,7H2. The summed E-state index contributed by atoms with van der Waals surface area (Å²) in [6.07, 6.45) is 0.453. The molecule has 19 heavy (non-hydrogen) atoms. The van der Waals surface area contributed by atoms with Crippen molar-refractivity contribution in [2.24, 2.45) is 0 Å². The van der Waals surface area contributed by atoms with E-state index in [-0.39, 0.29) is 5.69 Å². The van der Waals surface area contributed by atoms with Crippen LogP contribution in [0.1, 0.15) is 11.1 Å². The number of rotatable bonds is 1. The number of benzene rings is 2. The quantitative estimate of drug-likeness (QED) is 0.503. The lowest BCUT2D eigenvalue weighted by Gasteiger charge is -2.06. The molecule has 0 spiro atoms.